The summed E-state index contributed by atoms with van der Waals surface area (Å²) in [6, 6.07) is 0. The van der Waals surface area contributed by atoms with Crippen LogP contribution >= 0.6 is 0 Å². The number of hydrogen-bond donors (Lipinski definition) is 0. The molecule has 0 fully saturated rings. The van der Waals surface area contributed by atoms with Crippen LogP contribution < -0.4 is 0 Å². The van der Waals surface area contributed by atoms with Gasteiger partial charge in [-0.2, -0.15) is 0 Å². The van der Waals surface area contributed by atoms with Crippen molar-refractivity contribution >= 4 is 11.9 Å². The third-order valence-electron chi connectivity index (χ3n) is 10.9. The van der Waals surface area contributed by atoms with Gasteiger partial charge in [0.25, 0.3) is 0 Å². The lowest BCUT2D eigenvalue weighted by atomic mass is 10.1. The second-order valence-electron chi connectivity index (χ2n) is 17.0. The van der Waals surface area contributed by atoms with E-state index in [4.69, 9.17) is 14.2 Å². The molecule has 0 aliphatic rings. The van der Waals surface area contributed by atoms with Crippen LogP contribution in [0, 0.1) is 0 Å². The van der Waals surface area contributed by atoms with Crippen LogP contribution in [-0.2, 0) is 23.8 Å². The zero-order valence-corrected chi connectivity index (χ0v) is 40.9. The smallest absolute Gasteiger partial charge is 0.306 e. The predicted molar refractivity (Wildman–Crippen MR) is 270 cm³/mol. The first-order chi connectivity index (χ1) is 30.6. The molecule has 5 heteroatoms. The molecule has 0 aliphatic heterocycles. The Labute approximate surface area is 384 Å². The zero-order chi connectivity index (χ0) is 44.9. The summed E-state index contributed by atoms with van der Waals surface area (Å²) in [6.07, 6.45) is 68.7. The Morgan fingerprint density at radius 1 is 0.371 bits per heavy atom. The predicted octanol–water partition coefficient (Wildman–Crippen LogP) is 17.7. The van der Waals surface area contributed by atoms with E-state index in [0.717, 1.165) is 83.5 Å². The Morgan fingerprint density at radius 2 is 0.726 bits per heavy atom. The topological polar surface area (TPSA) is 61.8 Å². The summed E-state index contributed by atoms with van der Waals surface area (Å²) in [7, 11) is 0. The Morgan fingerprint density at radius 3 is 1.24 bits per heavy atom. The van der Waals surface area contributed by atoms with Crippen LogP contribution in [0.3, 0.4) is 0 Å². The molecule has 5 nitrogen and oxygen atoms in total. The molecule has 1 unspecified atom stereocenters. The van der Waals surface area contributed by atoms with E-state index < -0.39 is 6.10 Å². The van der Waals surface area contributed by atoms with Gasteiger partial charge in [0.2, 0.25) is 0 Å². The average Bonchev–Trinajstić information content (AvgIpc) is 3.27. The maximum Gasteiger partial charge on any atom is 0.306 e. The summed E-state index contributed by atoms with van der Waals surface area (Å²) >= 11 is 0. The fourth-order valence-corrected chi connectivity index (χ4v) is 7.00. The molecule has 62 heavy (non-hydrogen) atoms. The highest BCUT2D eigenvalue weighted by molar-refractivity contribution is 5.70. The number of hydrogen-bond acceptors (Lipinski definition) is 5. The molecule has 0 saturated heterocycles. The number of unbranched alkanes of at least 4 members (excludes halogenated alkanes) is 22. The van der Waals surface area contributed by atoms with Crippen LogP contribution in [-0.4, -0.2) is 37.9 Å². The minimum absolute atomic E-state index is 0.0589. The molecule has 356 valence electrons. The lowest BCUT2D eigenvalue weighted by molar-refractivity contribution is -0.163. The van der Waals surface area contributed by atoms with Crippen molar-refractivity contribution in [1.29, 1.82) is 0 Å². The Balaban J connectivity index is 4.36. The average molecular weight is 863 g/mol. The zero-order valence-electron chi connectivity index (χ0n) is 40.9. The summed E-state index contributed by atoms with van der Waals surface area (Å²) in [5.41, 5.74) is 0. The third-order valence-corrected chi connectivity index (χ3v) is 10.9. The van der Waals surface area contributed by atoms with Crippen molar-refractivity contribution in [3.8, 4) is 0 Å². The molecule has 0 aromatic heterocycles. The normalized spacial score (nSPS) is 12.9. The van der Waals surface area contributed by atoms with Crippen molar-refractivity contribution < 1.29 is 23.8 Å². The summed E-state index contributed by atoms with van der Waals surface area (Å²) in [5.74, 6) is -0.457. The van der Waals surface area contributed by atoms with Crippen LogP contribution in [0.2, 0.25) is 0 Å². The molecule has 1 atom stereocenters. The first-order valence-electron chi connectivity index (χ1n) is 26.1. The first kappa shape index (κ1) is 59.1. The molecule has 0 aromatic carbocycles. The monoisotopic (exact) mass is 863 g/mol. The van der Waals surface area contributed by atoms with Crippen molar-refractivity contribution in [1.82, 2.24) is 0 Å². The van der Waals surface area contributed by atoms with Gasteiger partial charge in [-0.25, -0.2) is 0 Å². The number of carbonyl (C=O) groups excluding carboxylic acids is 2. The van der Waals surface area contributed by atoms with Crippen molar-refractivity contribution in [2.45, 2.75) is 245 Å². The number of esters is 2. The highest BCUT2D eigenvalue weighted by Crippen LogP contribution is 2.13. The van der Waals surface area contributed by atoms with E-state index in [-0.39, 0.29) is 25.2 Å². The van der Waals surface area contributed by atoms with Crippen LogP contribution in [0.25, 0.3) is 0 Å². The van der Waals surface area contributed by atoms with Gasteiger partial charge < -0.3 is 14.2 Å². The van der Waals surface area contributed by atoms with E-state index in [2.05, 4.69) is 106 Å². The molecule has 0 amide bonds. The fourth-order valence-electron chi connectivity index (χ4n) is 7.00. The standard InChI is InChI=1S/C57H98O5/c1-4-7-10-13-16-19-22-25-28-29-31-32-35-38-41-44-47-50-56(58)61-54-55(53-60-52-49-46-43-40-37-34-27-24-21-18-15-12-9-6-3)62-57(59)51-48-45-42-39-36-33-30-26-23-20-17-14-11-8-5-2/h8,11,16-17,19-21,24-26,28,30,36,39,55H,4-7,9-10,12-15,18,22-23,27,29,31-35,37-38,40-54H2,1-3H3/b11-8-,19-16-,20-17-,24-21-,28-25-,30-26-,39-36-. The summed E-state index contributed by atoms with van der Waals surface area (Å²) < 4.78 is 17.4. The number of allylic oxidation sites excluding steroid dienone is 14. The summed E-state index contributed by atoms with van der Waals surface area (Å²) in [4.78, 5) is 25.4. The Kier molecular flexibility index (Phi) is 50.0. The molecule has 0 radical (unpaired) electrons. The lowest BCUT2D eigenvalue weighted by Gasteiger charge is -2.18. The molecular formula is C57H98O5. The molecule has 0 bridgehead atoms. The van der Waals surface area contributed by atoms with E-state index in [0.29, 0.717) is 19.4 Å². The van der Waals surface area contributed by atoms with Crippen molar-refractivity contribution in [3.05, 3.63) is 85.1 Å². The lowest BCUT2D eigenvalue weighted by Crippen LogP contribution is -2.30. The Bertz CT molecular complexity index is 1160. The maximum absolute atomic E-state index is 12.8. The van der Waals surface area contributed by atoms with Gasteiger partial charge in [-0.05, 0) is 116 Å². The van der Waals surface area contributed by atoms with Crippen LogP contribution in [0.4, 0.5) is 0 Å². The SMILES string of the molecule is CC/C=C\C/C=C\C/C=C\C/C=C\CCCCC(=O)OC(COCCCCCCCC/C=C\CCCCCC)COC(=O)CCCCCCCCC/C=C\C/C=C\CCCCC. The minimum atomic E-state index is -0.567. The highest BCUT2D eigenvalue weighted by Gasteiger charge is 2.17. The molecule has 0 heterocycles. The van der Waals surface area contributed by atoms with Gasteiger partial charge in [-0.1, -0.05) is 196 Å². The van der Waals surface area contributed by atoms with Gasteiger partial charge in [0, 0.05) is 19.4 Å². The van der Waals surface area contributed by atoms with Gasteiger partial charge >= 0.3 is 11.9 Å². The van der Waals surface area contributed by atoms with E-state index in [1.165, 1.54) is 122 Å². The van der Waals surface area contributed by atoms with Crippen LogP contribution in [0.1, 0.15) is 239 Å². The van der Waals surface area contributed by atoms with E-state index in [9.17, 15) is 9.59 Å². The molecule has 0 aromatic rings. The largest absolute Gasteiger partial charge is 0.462 e. The van der Waals surface area contributed by atoms with Crippen molar-refractivity contribution in [3.63, 3.8) is 0 Å². The van der Waals surface area contributed by atoms with Gasteiger partial charge in [-0.15, -0.1) is 0 Å². The minimum Gasteiger partial charge on any atom is -0.462 e. The second kappa shape index (κ2) is 52.4. The quantitative estimate of drug-likeness (QED) is 0.0346. The van der Waals surface area contributed by atoms with Gasteiger partial charge in [0.1, 0.15) is 6.61 Å². The Hall–Kier alpha value is -2.92. The summed E-state index contributed by atoms with van der Waals surface area (Å²) in [6.45, 7) is 7.62. The van der Waals surface area contributed by atoms with E-state index in [1.54, 1.807) is 0 Å². The van der Waals surface area contributed by atoms with Crippen molar-refractivity contribution in [2.24, 2.45) is 0 Å². The number of rotatable bonds is 47. The molecule has 0 rings (SSSR count). The van der Waals surface area contributed by atoms with Gasteiger partial charge in [-0.3, -0.25) is 9.59 Å². The molecule has 0 aliphatic carbocycles. The number of ether oxygens (including phenoxy) is 3. The van der Waals surface area contributed by atoms with E-state index in [1.807, 2.05) is 0 Å². The second-order valence-corrected chi connectivity index (χ2v) is 17.0. The van der Waals surface area contributed by atoms with Gasteiger partial charge in [0.15, 0.2) is 6.10 Å². The molecule has 0 saturated carbocycles. The van der Waals surface area contributed by atoms with Crippen LogP contribution in [0.15, 0.2) is 85.1 Å². The van der Waals surface area contributed by atoms with Crippen LogP contribution in [0.5, 0.6) is 0 Å². The molecular weight excluding hydrogens is 765 g/mol. The number of carbonyl (C=O) groups is 2. The molecule has 0 spiro atoms. The summed E-state index contributed by atoms with van der Waals surface area (Å²) in [5, 5.41) is 0. The molecule has 0 N–H and O–H groups in total. The third kappa shape index (κ3) is 49.7. The van der Waals surface area contributed by atoms with E-state index >= 15 is 0 Å². The van der Waals surface area contributed by atoms with Gasteiger partial charge in [0.05, 0.1) is 6.61 Å². The highest BCUT2D eigenvalue weighted by atomic mass is 16.6. The fraction of sp³-hybridized carbons (Fsp3) is 0.719. The van der Waals surface area contributed by atoms with Crippen molar-refractivity contribution in [2.75, 3.05) is 19.8 Å². The first-order valence-corrected chi connectivity index (χ1v) is 26.1. The maximum atomic E-state index is 12.8.